The highest BCUT2D eigenvalue weighted by Gasteiger charge is 2.15. The fraction of sp³-hybridized carbons (Fsp3) is 0.0833. The van der Waals surface area contributed by atoms with Crippen molar-refractivity contribution in [2.75, 3.05) is 0 Å². The van der Waals surface area contributed by atoms with Gasteiger partial charge in [-0.05, 0) is 5.56 Å². The minimum atomic E-state index is -1.10. The van der Waals surface area contributed by atoms with Crippen LogP contribution < -0.4 is 0 Å². The van der Waals surface area contributed by atoms with Crippen LogP contribution in [0.15, 0.2) is 36.7 Å². The van der Waals surface area contributed by atoms with E-state index in [0.717, 1.165) is 11.9 Å². The molecule has 1 aromatic carbocycles. The molecule has 0 atom stereocenters. The first-order chi connectivity index (χ1) is 8.18. The second-order valence-corrected chi connectivity index (χ2v) is 3.82. The fourth-order valence-corrected chi connectivity index (χ4v) is 1.73. The third-order valence-electron chi connectivity index (χ3n) is 2.32. The zero-order valence-corrected chi connectivity index (χ0v) is 9.55. The molecule has 0 saturated heterocycles. The first-order valence-electron chi connectivity index (χ1n) is 4.95. The highest BCUT2D eigenvalue weighted by atomic mass is 35.5. The molecule has 0 aliphatic rings. The van der Waals surface area contributed by atoms with E-state index in [1.54, 1.807) is 0 Å². The van der Waals surface area contributed by atoms with Crippen LogP contribution in [0.1, 0.15) is 21.6 Å². The average molecular weight is 249 g/mol. The number of nitrogens with zero attached hydrogens (tertiary/aromatic N) is 2. The molecule has 0 bridgehead atoms. The van der Waals surface area contributed by atoms with Crippen molar-refractivity contribution in [3.05, 3.63) is 58.6 Å². The summed E-state index contributed by atoms with van der Waals surface area (Å²) in [5.74, 6) is -1.10. The van der Waals surface area contributed by atoms with Crippen molar-refractivity contribution in [3.8, 4) is 0 Å². The van der Waals surface area contributed by atoms with Gasteiger partial charge in [0, 0.05) is 12.0 Å². The second kappa shape index (κ2) is 4.93. The van der Waals surface area contributed by atoms with Gasteiger partial charge in [0.05, 0.1) is 0 Å². The van der Waals surface area contributed by atoms with Gasteiger partial charge < -0.3 is 5.11 Å². The quantitative estimate of drug-likeness (QED) is 0.848. The molecule has 5 heteroatoms. The molecule has 0 amide bonds. The van der Waals surface area contributed by atoms with Gasteiger partial charge in [0.2, 0.25) is 0 Å². The van der Waals surface area contributed by atoms with Crippen molar-refractivity contribution >= 4 is 17.6 Å². The van der Waals surface area contributed by atoms with E-state index >= 15 is 0 Å². The van der Waals surface area contributed by atoms with Gasteiger partial charge in [-0.15, -0.1) is 0 Å². The Morgan fingerprint density at radius 1 is 1.24 bits per heavy atom. The van der Waals surface area contributed by atoms with Crippen LogP contribution in [-0.2, 0) is 6.42 Å². The molecule has 4 nitrogen and oxygen atoms in total. The molecular weight excluding hydrogens is 240 g/mol. The molecule has 0 spiro atoms. The molecule has 86 valence electrons. The zero-order valence-electron chi connectivity index (χ0n) is 8.80. The number of carboxylic acid groups (broad SMARTS) is 1. The van der Waals surface area contributed by atoms with Crippen molar-refractivity contribution in [1.29, 1.82) is 0 Å². The number of aromatic carboxylic acids is 1. The van der Waals surface area contributed by atoms with Crippen molar-refractivity contribution in [2.45, 2.75) is 6.42 Å². The van der Waals surface area contributed by atoms with Crippen LogP contribution in [0.3, 0.4) is 0 Å². The monoisotopic (exact) mass is 248 g/mol. The third kappa shape index (κ3) is 2.60. The summed E-state index contributed by atoms with van der Waals surface area (Å²) < 4.78 is 0. The van der Waals surface area contributed by atoms with Crippen molar-refractivity contribution < 1.29 is 9.90 Å². The maximum absolute atomic E-state index is 11.0. The highest BCUT2D eigenvalue weighted by Crippen LogP contribution is 2.19. The highest BCUT2D eigenvalue weighted by molar-refractivity contribution is 6.30. The molecule has 1 aromatic heterocycles. The van der Waals surface area contributed by atoms with E-state index in [-0.39, 0.29) is 10.8 Å². The Morgan fingerprint density at radius 2 is 1.94 bits per heavy atom. The van der Waals surface area contributed by atoms with Crippen LogP contribution in [0.2, 0.25) is 5.15 Å². The predicted molar refractivity (Wildman–Crippen MR) is 63.2 cm³/mol. The molecule has 2 aromatic rings. The topological polar surface area (TPSA) is 63.1 Å². The molecule has 0 saturated carbocycles. The number of hydrogen-bond acceptors (Lipinski definition) is 3. The van der Waals surface area contributed by atoms with E-state index in [1.165, 1.54) is 0 Å². The lowest BCUT2D eigenvalue weighted by Gasteiger charge is -2.06. The first kappa shape index (κ1) is 11.5. The molecule has 0 radical (unpaired) electrons. The van der Waals surface area contributed by atoms with Gasteiger partial charge in [0.15, 0.2) is 5.69 Å². The average Bonchev–Trinajstić information content (AvgIpc) is 2.33. The van der Waals surface area contributed by atoms with Crippen molar-refractivity contribution in [2.24, 2.45) is 0 Å². The lowest BCUT2D eigenvalue weighted by molar-refractivity contribution is 0.0689. The van der Waals surface area contributed by atoms with E-state index in [0.29, 0.717) is 12.0 Å². The lowest BCUT2D eigenvalue weighted by atomic mass is 10.1. The molecule has 0 aliphatic carbocycles. The van der Waals surface area contributed by atoms with Gasteiger partial charge in [-0.3, -0.25) is 0 Å². The summed E-state index contributed by atoms with van der Waals surface area (Å²) in [6, 6.07) is 9.45. The summed E-state index contributed by atoms with van der Waals surface area (Å²) in [5.41, 5.74) is 1.36. The number of hydrogen-bond donors (Lipinski definition) is 1. The Balaban J connectivity index is 2.41. The minimum Gasteiger partial charge on any atom is -0.476 e. The third-order valence-corrected chi connectivity index (χ3v) is 2.64. The second-order valence-electron chi connectivity index (χ2n) is 3.46. The van der Waals surface area contributed by atoms with Gasteiger partial charge >= 0.3 is 5.97 Å². The summed E-state index contributed by atoms with van der Waals surface area (Å²) in [6.07, 6.45) is 1.56. The summed E-state index contributed by atoms with van der Waals surface area (Å²) in [7, 11) is 0. The molecular formula is C12H9ClN2O2. The number of carbonyl (C=O) groups is 1. The predicted octanol–water partition coefficient (Wildman–Crippen LogP) is 2.42. The zero-order chi connectivity index (χ0) is 12.3. The molecule has 0 fully saturated rings. The van der Waals surface area contributed by atoms with Crippen LogP contribution in [0, 0.1) is 0 Å². The number of benzene rings is 1. The van der Waals surface area contributed by atoms with Gasteiger partial charge in [-0.2, -0.15) is 0 Å². The van der Waals surface area contributed by atoms with Crippen LogP contribution in [0.4, 0.5) is 0 Å². The van der Waals surface area contributed by atoms with E-state index in [2.05, 4.69) is 9.97 Å². The molecule has 17 heavy (non-hydrogen) atoms. The minimum absolute atomic E-state index is 0.0474. The summed E-state index contributed by atoms with van der Waals surface area (Å²) in [6.45, 7) is 0. The SMILES string of the molecule is O=C(O)c1ncnc(Cl)c1Cc1ccccc1. The number of aromatic nitrogens is 2. The van der Waals surface area contributed by atoms with E-state index in [4.69, 9.17) is 16.7 Å². The van der Waals surface area contributed by atoms with Gasteiger partial charge in [0.1, 0.15) is 11.5 Å². The Bertz CT molecular complexity index is 543. The van der Waals surface area contributed by atoms with Crippen LogP contribution in [0.5, 0.6) is 0 Å². The van der Waals surface area contributed by atoms with E-state index in [1.807, 2.05) is 30.3 Å². The van der Waals surface area contributed by atoms with E-state index in [9.17, 15) is 4.79 Å². The van der Waals surface area contributed by atoms with Crippen molar-refractivity contribution in [1.82, 2.24) is 9.97 Å². The van der Waals surface area contributed by atoms with Gasteiger partial charge in [-0.25, -0.2) is 14.8 Å². The Morgan fingerprint density at radius 3 is 2.59 bits per heavy atom. The number of carboxylic acids is 1. The normalized spacial score (nSPS) is 10.2. The summed E-state index contributed by atoms with van der Waals surface area (Å²) in [4.78, 5) is 18.6. The molecule has 1 heterocycles. The number of halogens is 1. The molecule has 1 N–H and O–H groups in total. The standard InChI is InChI=1S/C12H9ClN2O2/c13-11-9(6-8-4-2-1-3-5-8)10(12(16)17)14-7-15-11/h1-5,7H,6H2,(H,16,17). The summed E-state index contributed by atoms with van der Waals surface area (Å²) >= 11 is 5.91. The van der Waals surface area contributed by atoms with Gasteiger partial charge in [-0.1, -0.05) is 41.9 Å². The van der Waals surface area contributed by atoms with Crippen molar-refractivity contribution in [3.63, 3.8) is 0 Å². The van der Waals surface area contributed by atoms with Gasteiger partial charge in [0.25, 0.3) is 0 Å². The fourth-order valence-electron chi connectivity index (χ4n) is 1.53. The Labute approximate surface area is 103 Å². The molecule has 0 aliphatic heterocycles. The maximum Gasteiger partial charge on any atom is 0.354 e. The lowest BCUT2D eigenvalue weighted by Crippen LogP contribution is -2.08. The summed E-state index contributed by atoms with van der Waals surface area (Å²) in [5, 5.41) is 9.20. The molecule has 0 unspecified atom stereocenters. The van der Waals surface area contributed by atoms with Crippen LogP contribution in [-0.4, -0.2) is 21.0 Å². The van der Waals surface area contributed by atoms with Crippen LogP contribution in [0.25, 0.3) is 0 Å². The smallest absolute Gasteiger partial charge is 0.354 e. The largest absolute Gasteiger partial charge is 0.476 e. The Hall–Kier alpha value is -1.94. The Kier molecular flexibility index (Phi) is 3.35. The van der Waals surface area contributed by atoms with Crippen LogP contribution >= 0.6 is 11.6 Å². The number of rotatable bonds is 3. The first-order valence-corrected chi connectivity index (χ1v) is 5.33. The van der Waals surface area contributed by atoms with E-state index < -0.39 is 5.97 Å². The molecule has 2 rings (SSSR count). The maximum atomic E-state index is 11.0.